The average molecular weight is 366 g/mol. The van der Waals surface area contributed by atoms with Crippen molar-refractivity contribution in [3.8, 4) is 0 Å². The number of hydrazone groups is 1. The number of aryl methyl sites for hydroxylation is 1. The second-order valence-electron chi connectivity index (χ2n) is 5.68. The Hall–Kier alpha value is -3.18. The third-order valence-electron chi connectivity index (χ3n) is 3.84. The van der Waals surface area contributed by atoms with Crippen molar-refractivity contribution in [2.75, 3.05) is 5.32 Å². The number of anilines is 1. The Morgan fingerprint density at radius 2 is 1.77 bits per heavy atom. The highest BCUT2D eigenvalue weighted by Crippen LogP contribution is 2.19. The number of nitrogens with zero attached hydrogens (tertiary/aromatic N) is 1. The first-order valence-electron chi connectivity index (χ1n) is 7.93. The van der Waals surface area contributed by atoms with Crippen LogP contribution < -0.4 is 10.7 Å². The number of amides is 2. The fraction of sp³-hybridized carbons (Fsp3) is 0.0500. The van der Waals surface area contributed by atoms with E-state index < -0.39 is 11.8 Å². The summed E-state index contributed by atoms with van der Waals surface area (Å²) in [5.41, 5.74) is 4.37. The fourth-order valence-electron chi connectivity index (χ4n) is 2.52. The molecule has 0 spiro atoms. The summed E-state index contributed by atoms with van der Waals surface area (Å²) >= 11 is 5.87. The van der Waals surface area contributed by atoms with Gasteiger partial charge in [-0.3, -0.25) is 9.59 Å². The average Bonchev–Trinajstić information content (AvgIpc) is 2.64. The first-order chi connectivity index (χ1) is 12.5. The largest absolute Gasteiger partial charge is 0.329 e. The number of halogens is 1. The summed E-state index contributed by atoms with van der Waals surface area (Å²) in [4.78, 5) is 23.9. The quantitative estimate of drug-likeness (QED) is 0.420. The molecule has 26 heavy (non-hydrogen) atoms. The van der Waals surface area contributed by atoms with Crippen LogP contribution in [0.2, 0.25) is 5.02 Å². The van der Waals surface area contributed by atoms with E-state index in [0.29, 0.717) is 10.7 Å². The molecular weight excluding hydrogens is 350 g/mol. The van der Waals surface area contributed by atoms with E-state index >= 15 is 0 Å². The zero-order valence-corrected chi connectivity index (χ0v) is 14.7. The van der Waals surface area contributed by atoms with Gasteiger partial charge in [0.1, 0.15) is 0 Å². The molecule has 0 aliphatic heterocycles. The third kappa shape index (κ3) is 4.07. The van der Waals surface area contributed by atoms with E-state index in [1.54, 1.807) is 25.1 Å². The van der Waals surface area contributed by atoms with E-state index in [1.165, 1.54) is 6.21 Å². The van der Waals surface area contributed by atoms with Gasteiger partial charge in [-0.2, -0.15) is 5.10 Å². The Morgan fingerprint density at radius 1 is 1.00 bits per heavy atom. The Kier molecular flexibility index (Phi) is 5.29. The predicted molar refractivity (Wildman–Crippen MR) is 105 cm³/mol. The highest BCUT2D eigenvalue weighted by atomic mass is 35.5. The van der Waals surface area contributed by atoms with E-state index in [1.807, 2.05) is 42.5 Å². The van der Waals surface area contributed by atoms with Crippen molar-refractivity contribution < 1.29 is 9.59 Å². The maximum atomic E-state index is 12.0. The van der Waals surface area contributed by atoms with E-state index in [0.717, 1.165) is 21.9 Å². The molecule has 0 aliphatic rings. The molecule has 0 aromatic heterocycles. The lowest BCUT2D eigenvalue weighted by atomic mass is 10.1. The Bertz CT molecular complexity index is 1010. The zero-order valence-electron chi connectivity index (χ0n) is 14.0. The third-order valence-corrected chi connectivity index (χ3v) is 4.07. The highest BCUT2D eigenvalue weighted by Gasteiger charge is 2.14. The van der Waals surface area contributed by atoms with Gasteiger partial charge >= 0.3 is 11.8 Å². The van der Waals surface area contributed by atoms with Crippen molar-refractivity contribution in [1.82, 2.24) is 5.43 Å². The number of benzene rings is 3. The molecule has 0 saturated carbocycles. The number of hydrogen-bond donors (Lipinski definition) is 2. The van der Waals surface area contributed by atoms with Crippen molar-refractivity contribution in [3.63, 3.8) is 0 Å². The van der Waals surface area contributed by atoms with Gasteiger partial charge in [0, 0.05) is 16.3 Å². The molecule has 0 aliphatic carbocycles. The molecule has 2 N–H and O–H groups in total. The molecule has 3 rings (SSSR count). The molecule has 130 valence electrons. The lowest BCUT2D eigenvalue weighted by Gasteiger charge is -2.07. The number of carbonyl (C=O) groups excluding carboxylic acids is 2. The SMILES string of the molecule is Cc1cc(Cl)ccc1NC(=O)C(=O)N/N=C/c1cccc2ccccc12. The summed E-state index contributed by atoms with van der Waals surface area (Å²) in [5, 5.41) is 9.05. The van der Waals surface area contributed by atoms with Gasteiger partial charge in [0.25, 0.3) is 0 Å². The standard InChI is InChI=1S/C20H16ClN3O2/c1-13-11-16(21)9-10-18(13)23-19(25)20(26)24-22-12-15-7-4-6-14-5-2-3-8-17(14)15/h2-12H,1H3,(H,23,25)(H,24,26)/b22-12+. The molecule has 6 heteroatoms. The van der Waals surface area contributed by atoms with Crippen molar-refractivity contribution in [2.24, 2.45) is 5.10 Å². The van der Waals surface area contributed by atoms with E-state index in [9.17, 15) is 9.59 Å². The molecule has 0 unspecified atom stereocenters. The van der Waals surface area contributed by atoms with Gasteiger partial charge in [-0.1, -0.05) is 54.1 Å². The van der Waals surface area contributed by atoms with Gasteiger partial charge in [0.2, 0.25) is 0 Å². The summed E-state index contributed by atoms with van der Waals surface area (Å²) in [6.45, 7) is 1.79. The number of nitrogens with one attached hydrogen (secondary N) is 2. The topological polar surface area (TPSA) is 70.6 Å². The minimum absolute atomic E-state index is 0.521. The normalized spacial score (nSPS) is 10.8. The minimum atomic E-state index is -0.851. The molecule has 2 amide bonds. The fourth-order valence-corrected chi connectivity index (χ4v) is 2.75. The first-order valence-corrected chi connectivity index (χ1v) is 8.31. The summed E-state index contributed by atoms with van der Waals surface area (Å²) in [6, 6.07) is 18.6. The summed E-state index contributed by atoms with van der Waals surface area (Å²) < 4.78 is 0. The smallest absolute Gasteiger partial charge is 0.317 e. The van der Waals surface area contributed by atoms with E-state index in [2.05, 4.69) is 15.8 Å². The molecule has 0 fully saturated rings. The van der Waals surface area contributed by atoms with Crippen LogP contribution in [0.5, 0.6) is 0 Å². The first kappa shape index (κ1) is 17.6. The molecule has 3 aromatic rings. The summed E-state index contributed by atoms with van der Waals surface area (Å²) in [6.07, 6.45) is 1.51. The van der Waals surface area contributed by atoms with Crippen LogP contribution in [0.4, 0.5) is 5.69 Å². The van der Waals surface area contributed by atoms with Crippen LogP contribution in [0, 0.1) is 6.92 Å². The van der Waals surface area contributed by atoms with Gasteiger partial charge in [0.05, 0.1) is 6.21 Å². The second-order valence-corrected chi connectivity index (χ2v) is 6.12. The lowest BCUT2D eigenvalue weighted by Crippen LogP contribution is -2.32. The minimum Gasteiger partial charge on any atom is -0.317 e. The van der Waals surface area contributed by atoms with Crippen LogP contribution in [0.3, 0.4) is 0 Å². The molecule has 5 nitrogen and oxygen atoms in total. The number of rotatable bonds is 3. The van der Waals surface area contributed by atoms with Crippen molar-refractivity contribution in [2.45, 2.75) is 6.92 Å². The van der Waals surface area contributed by atoms with E-state index in [-0.39, 0.29) is 0 Å². The number of fused-ring (bicyclic) bond motifs is 1. The zero-order chi connectivity index (χ0) is 18.5. The molecule has 0 atom stereocenters. The second kappa shape index (κ2) is 7.80. The van der Waals surface area contributed by atoms with E-state index in [4.69, 9.17) is 11.6 Å². The monoisotopic (exact) mass is 365 g/mol. The van der Waals surface area contributed by atoms with Gasteiger partial charge in [0.15, 0.2) is 0 Å². The van der Waals surface area contributed by atoms with Crippen LogP contribution in [0.25, 0.3) is 10.8 Å². The summed E-state index contributed by atoms with van der Waals surface area (Å²) in [5.74, 6) is -1.65. The van der Waals surface area contributed by atoms with Crippen LogP contribution in [-0.2, 0) is 9.59 Å². The number of carbonyl (C=O) groups is 2. The van der Waals surface area contributed by atoms with Crippen LogP contribution in [0.15, 0.2) is 65.8 Å². The Morgan fingerprint density at radius 3 is 2.58 bits per heavy atom. The Balaban J connectivity index is 1.66. The maximum Gasteiger partial charge on any atom is 0.329 e. The number of hydrogen-bond acceptors (Lipinski definition) is 3. The molecule has 3 aromatic carbocycles. The molecule has 0 radical (unpaired) electrons. The molecule has 0 heterocycles. The van der Waals surface area contributed by atoms with Crippen molar-refractivity contribution >= 4 is 46.1 Å². The van der Waals surface area contributed by atoms with Crippen LogP contribution >= 0.6 is 11.6 Å². The van der Waals surface area contributed by atoms with Crippen molar-refractivity contribution in [1.29, 1.82) is 0 Å². The van der Waals surface area contributed by atoms with Gasteiger partial charge in [-0.15, -0.1) is 0 Å². The summed E-state index contributed by atoms with van der Waals surface area (Å²) in [7, 11) is 0. The molecule has 0 saturated heterocycles. The van der Waals surface area contributed by atoms with Gasteiger partial charge in [-0.05, 0) is 41.5 Å². The Labute approximate surface area is 155 Å². The maximum absolute atomic E-state index is 12.0. The molecule has 0 bridgehead atoms. The van der Waals surface area contributed by atoms with Gasteiger partial charge in [-0.25, -0.2) is 5.43 Å². The highest BCUT2D eigenvalue weighted by molar-refractivity contribution is 6.39. The predicted octanol–water partition coefficient (Wildman–Crippen LogP) is 3.89. The van der Waals surface area contributed by atoms with Crippen LogP contribution in [0.1, 0.15) is 11.1 Å². The lowest BCUT2D eigenvalue weighted by molar-refractivity contribution is -0.136. The van der Waals surface area contributed by atoms with Crippen LogP contribution in [-0.4, -0.2) is 18.0 Å². The molecular formula is C20H16ClN3O2. The van der Waals surface area contributed by atoms with Crippen molar-refractivity contribution in [3.05, 3.63) is 76.8 Å². The van der Waals surface area contributed by atoms with Gasteiger partial charge < -0.3 is 5.32 Å².